The third kappa shape index (κ3) is 4.14. The number of aromatic hydroxyl groups is 2. The number of halogens is 2. The molecule has 126 valence electrons. The topological polar surface area (TPSA) is 40.5 Å². The zero-order chi connectivity index (χ0) is 17.7. The van der Waals surface area contributed by atoms with Gasteiger partial charge in [-0.05, 0) is 67.6 Å². The SMILES string of the molecule is CC=CCc1cc(Cl)c(O)c(-c2cc(Cl)c(O)c(CC=CC)c2)c1. The zero-order valence-electron chi connectivity index (χ0n) is 13.7. The summed E-state index contributed by atoms with van der Waals surface area (Å²) in [5, 5.41) is 21.0. The van der Waals surface area contributed by atoms with Gasteiger partial charge in [0, 0.05) is 5.56 Å². The lowest BCUT2D eigenvalue weighted by atomic mass is 9.97. The maximum atomic E-state index is 10.4. The maximum Gasteiger partial charge on any atom is 0.142 e. The molecule has 0 amide bonds. The number of phenolic OH excluding ortho intramolecular Hbond substituents is 2. The number of benzene rings is 2. The van der Waals surface area contributed by atoms with Crippen molar-refractivity contribution in [3.05, 3.63) is 69.7 Å². The van der Waals surface area contributed by atoms with Crippen LogP contribution < -0.4 is 0 Å². The van der Waals surface area contributed by atoms with Gasteiger partial charge in [-0.3, -0.25) is 0 Å². The second kappa shape index (κ2) is 8.27. The van der Waals surface area contributed by atoms with Crippen LogP contribution in [0.25, 0.3) is 11.1 Å². The van der Waals surface area contributed by atoms with E-state index < -0.39 is 0 Å². The van der Waals surface area contributed by atoms with Crippen LogP contribution in [0.2, 0.25) is 10.0 Å². The molecule has 2 aromatic carbocycles. The van der Waals surface area contributed by atoms with Crippen LogP contribution in [-0.4, -0.2) is 10.2 Å². The van der Waals surface area contributed by atoms with Crippen LogP contribution >= 0.6 is 23.2 Å². The highest BCUT2D eigenvalue weighted by Gasteiger charge is 2.14. The molecule has 2 rings (SSSR count). The summed E-state index contributed by atoms with van der Waals surface area (Å²) in [6.45, 7) is 3.87. The van der Waals surface area contributed by atoms with E-state index in [-0.39, 0.29) is 16.5 Å². The molecule has 0 saturated carbocycles. The minimum absolute atomic E-state index is 0.0136. The Morgan fingerprint density at radius 2 is 1.46 bits per heavy atom. The van der Waals surface area contributed by atoms with Gasteiger partial charge in [-0.2, -0.15) is 0 Å². The van der Waals surface area contributed by atoms with E-state index in [0.717, 1.165) is 17.5 Å². The third-order valence-corrected chi connectivity index (χ3v) is 4.32. The number of phenols is 2. The highest BCUT2D eigenvalue weighted by Crippen LogP contribution is 2.40. The number of allylic oxidation sites excluding steroid dienone is 4. The van der Waals surface area contributed by atoms with Crippen molar-refractivity contribution in [2.75, 3.05) is 0 Å². The first-order valence-electron chi connectivity index (χ1n) is 7.73. The summed E-state index contributed by atoms with van der Waals surface area (Å²) < 4.78 is 0. The van der Waals surface area contributed by atoms with Crippen LogP contribution in [0.5, 0.6) is 11.5 Å². The molecule has 2 nitrogen and oxygen atoms in total. The zero-order valence-corrected chi connectivity index (χ0v) is 15.2. The fourth-order valence-electron chi connectivity index (χ4n) is 2.46. The summed E-state index contributed by atoms with van der Waals surface area (Å²) in [6, 6.07) is 7.11. The van der Waals surface area contributed by atoms with Crippen LogP contribution in [0.15, 0.2) is 48.6 Å². The van der Waals surface area contributed by atoms with Gasteiger partial charge in [-0.1, -0.05) is 47.5 Å². The fourth-order valence-corrected chi connectivity index (χ4v) is 2.94. The smallest absolute Gasteiger partial charge is 0.142 e. The summed E-state index contributed by atoms with van der Waals surface area (Å²) in [4.78, 5) is 0. The van der Waals surface area contributed by atoms with Crippen molar-refractivity contribution < 1.29 is 10.2 Å². The van der Waals surface area contributed by atoms with Gasteiger partial charge in [-0.15, -0.1) is 0 Å². The molecule has 0 aliphatic rings. The standard InChI is InChI=1S/C20H20Cl2O2/c1-3-5-7-13-9-16(20(24)17(21)10-13)15-11-14(8-6-4-2)19(23)18(22)12-15/h3-6,9-12,23-24H,7-8H2,1-2H3. The van der Waals surface area contributed by atoms with Crippen molar-refractivity contribution in [2.45, 2.75) is 26.7 Å². The van der Waals surface area contributed by atoms with Gasteiger partial charge in [-0.25, -0.2) is 0 Å². The van der Waals surface area contributed by atoms with Gasteiger partial charge in [0.05, 0.1) is 10.0 Å². The summed E-state index contributed by atoms with van der Waals surface area (Å²) in [6.07, 6.45) is 9.11. The van der Waals surface area contributed by atoms with E-state index in [9.17, 15) is 10.2 Å². The van der Waals surface area contributed by atoms with Crippen molar-refractivity contribution in [3.8, 4) is 22.6 Å². The lowest BCUT2D eigenvalue weighted by Gasteiger charge is -2.13. The molecule has 24 heavy (non-hydrogen) atoms. The molecule has 0 bridgehead atoms. The van der Waals surface area contributed by atoms with E-state index >= 15 is 0 Å². The quantitative estimate of drug-likeness (QED) is 0.611. The molecule has 0 aliphatic carbocycles. The minimum atomic E-state index is 0.0136. The molecule has 0 aliphatic heterocycles. The molecular formula is C20H20Cl2O2. The summed E-state index contributed by atoms with van der Waals surface area (Å²) in [5.41, 5.74) is 3.01. The number of rotatable bonds is 5. The van der Waals surface area contributed by atoms with Crippen molar-refractivity contribution in [1.29, 1.82) is 0 Å². The third-order valence-electron chi connectivity index (χ3n) is 3.74. The van der Waals surface area contributed by atoms with Crippen LogP contribution in [0.1, 0.15) is 25.0 Å². The average molecular weight is 363 g/mol. The largest absolute Gasteiger partial charge is 0.506 e. The van der Waals surface area contributed by atoms with Gasteiger partial charge in [0.25, 0.3) is 0 Å². The number of hydrogen-bond acceptors (Lipinski definition) is 2. The Bertz CT molecular complexity index is 793. The Kier molecular flexibility index (Phi) is 6.36. The predicted octanol–water partition coefficient (Wildman–Crippen LogP) is 6.31. The molecule has 0 heterocycles. The molecule has 2 aromatic rings. The van der Waals surface area contributed by atoms with Crippen molar-refractivity contribution in [2.24, 2.45) is 0 Å². The average Bonchev–Trinajstić information content (AvgIpc) is 2.57. The highest BCUT2D eigenvalue weighted by molar-refractivity contribution is 6.33. The van der Waals surface area contributed by atoms with Crippen LogP contribution in [0, 0.1) is 0 Å². The normalized spacial score (nSPS) is 11.7. The van der Waals surface area contributed by atoms with E-state index in [4.69, 9.17) is 23.2 Å². The van der Waals surface area contributed by atoms with Crippen molar-refractivity contribution in [1.82, 2.24) is 0 Å². The first kappa shape index (κ1) is 18.4. The second-order valence-corrected chi connectivity index (χ2v) is 6.30. The molecule has 0 saturated heterocycles. The van der Waals surface area contributed by atoms with Crippen molar-refractivity contribution in [3.63, 3.8) is 0 Å². The first-order valence-corrected chi connectivity index (χ1v) is 8.49. The molecule has 4 heteroatoms. The van der Waals surface area contributed by atoms with Gasteiger partial charge in [0.15, 0.2) is 0 Å². The van der Waals surface area contributed by atoms with Crippen molar-refractivity contribution >= 4 is 23.2 Å². The Balaban J connectivity index is 2.58. The minimum Gasteiger partial charge on any atom is -0.506 e. The molecule has 0 radical (unpaired) electrons. The Hall–Kier alpha value is -1.90. The molecule has 2 N–H and O–H groups in total. The predicted molar refractivity (Wildman–Crippen MR) is 102 cm³/mol. The summed E-state index contributed by atoms with van der Waals surface area (Å²) >= 11 is 12.3. The van der Waals surface area contributed by atoms with Gasteiger partial charge in [0.1, 0.15) is 11.5 Å². The molecule has 0 unspecified atom stereocenters. The fraction of sp³-hybridized carbons (Fsp3) is 0.200. The molecular weight excluding hydrogens is 343 g/mol. The first-order chi connectivity index (χ1) is 11.5. The van der Waals surface area contributed by atoms with E-state index in [1.165, 1.54) is 0 Å². The lowest BCUT2D eigenvalue weighted by molar-refractivity contribution is 0.469. The van der Waals surface area contributed by atoms with Crippen LogP contribution in [0.3, 0.4) is 0 Å². The van der Waals surface area contributed by atoms with E-state index in [1.807, 2.05) is 50.3 Å². The monoisotopic (exact) mass is 362 g/mol. The second-order valence-electron chi connectivity index (χ2n) is 5.49. The Morgan fingerprint density at radius 3 is 2.12 bits per heavy atom. The Labute approximate surface area is 152 Å². The van der Waals surface area contributed by atoms with Crippen LogP contribution in [-0.2, 0) is 12.8 Å². The molecule has 0 atom stereocenters. The maximum absolute atomic E-state index is 10.4. The summed E-state index contributed by atoms with van der Waals surface area (Å²) in [5.74, 6) is 0.0776. The van der Waals surface area contributed by atoms with E-state index in [1.54, 1.807) is 12.1 Å². The van der Waals surface area contributed by atoms with E-state index in [2.05, 4.69) is 0 Å². The lowest BCUT2D eigenvalue weighted by Crippen LogP contribution is -1.90. The summed E-state index contributed by atoms with van der Waals surface area (Å²) in [7, 11) is 0. The van der Waals surface area contributed by atoms with Gasteiger partial charge >= 0.3 is 0 Å². The highest BCUT2D eigenvalue weighted by atomic mass is 35.5. The molecule has 0 fully saturated rings. The molecule has 0 aromatic heterocycles. The van der Waals surface area contributed by atoms with Gasteiger partial charge in [0.2, 0.25) is 0 Å². The van der Waals surface area contributed by atoms with E-state index in [0.29, 0.717) is 22.6 Å². The van der Waals surface area contributed by atoms with Crippen LogP contribution in [0.4, 0.5) is 0 Å². The number of hydrogen-bond donors (Lipinski definition) is 2. The van der Waals surface area contributed by atoms with Gasteiger partial charge < -0.3 is 10.2 Å². The molecule has 0 spiro atoms. The Morgan fingerprint density at radius 1 is 0.833 bits per heavy atom.